The number of carbonyl (C=O) groups excluding carboxylic acids is 3. The molecule has 2 aromatic rings. The van der Waals surface area contributed by atoms with Crippen LogP contribution < -0.4 is 15.4 Å². The predicted molar refractivity (Wildman–Crippen MR) is 131 cm³/mol. The molecule has 8 nitrogen and oxygen atoms in total. The van der Waals surface area contributed by atoms with Crippen LogP contribution in [0.5, 0.6) is 5.75 Å². The lowest BCUT2D eigenvalue weighted by atomic mass is 10.1. The molecule has 4 rings (SSSR count). The van der Waals surface area contributed by atoms with E-state index in [9.17, 15) is 18.8 Å². The highest BCUT2D eigenvalue weighted by Crippen LogP contribution is 2.35. The van der Waals surface area contributed by atoms with Crippen molar-refractivity contribution in [2.75, 3.05) is 6.54 Å². The smallest absolute Gasteiger partial charge is 0.407 e. The molecule has 0 saturated carbocycles. The van der Waals surface area contributed by atoms with Crippen molar-refractivity contribution in [1.29, 1.82) is 0 Å². The van der Waals surface area contributed by atoms with Gasteiger partial charge in [0.1, 0.15) is 29.8 Å². The van der Waals surface area contributed by atoms with Crippen LogP contribution in [0.25, 0.3) is 0 Å². The van der Waals surface area contributed by atoms with Crippen molar-refractivity contribution in [3.63, 3.8) is 0 Å². The maximum atomic E-state index is 14.4. The molecule has 0 aromatic heterocycles. The second-order valence-corrected chi connectivity index (χ2v) is 10.1. The second-order valence-electron chi connectivity index (χ2n) is 10.1. The summed E-state index contributed by atoms with van der Waals surface area (Å²) < 4.78 is 25.5. The first kappa shape index (κ1) is 25.5. The molecule has 9 heteroatoms. The first-order chi connectivity index (χ1) is 17.1. The van der Waals surface area contributed by atoms with E-state index in [2.05, 4.69) is 10.6 Å². The number of alkyl carbamates (subject to hydrolysis) is 1. The monoisotopic (exact) mass is 497 g/mol. The van der Waals surface area contributed by atoms with Crippen molar-refractivity contribution in [3.8, 4) is 5.75 Å². The number of hydrogen-bond donors (Lipinski definition) is 2. The number of benzene rings is 2. The maximum absolute atomic E-state index is 14.4. The number of carbonyl (C=O) groups is 3. The minimum atomic E-state index is -0.565. The van der Waals surface area contributed by atoms with E-state index in [0.29, 0.717) is 30.8 Å². The molecular formula is C27H32FN3O5. The third-order valence-corrected chi connectivity index (χ3v) is 6.13. The zero-order chi connectivity index (χ0) is 25.9. The molecule has 36 heavy (non-hydrogen) atoms. The molecule has 0 radical (unpaired) electrons. The molecule has 1 atom stereocenters. The maximum Gasteiger partial charge on any atom is 0.407 e. The van der Waals surface area contributed by atoms with Crippen molar-refractivity contribution in [2.24, 2.45) is 0 Å². The van der Waals surface area contributed by atoms with Gasteiger partial charge in [-0.15, -0.1) is 0 Å². The van der Waals surface area contributed by atoms with E-state index in [1.165, 1.54) is 17.0 Å². The highest BCUT2D eigenvalue weighted by atomic mass is 19.1. The fourth-order valence-electron chi connectivity index (χ4n) is 4.37. The largest absolute Gasteiger partial charge is 0.488 e. The first-order valence-corrected chi connectivity index (χ1v) is 12.2. The molecule has 2 aliphatic heterocycles. The fraction of sp³-hybridized carbons (Fsp3) is 0.444. The van der Waals surface area contributed by atoms with Gasteiger partial charge in [-0.3, -0.25) is 9.59 Å². The van der Waals surface area contributed by atoms with Crippen molar-refractivity contribution < 1.29 is 28.2 Å². The van der Waals surface area contributed by atoms with E-state index < -0.39 is 23.6 Å². The zero-order valence-electron chi connectivity index (χ0n) is 20.9. The second kappa shape index (κ2) is 10.6. The molecule has 0 aliphatic carbocycles. The first-order valence-electron chi connectivity index (χ1n) is 12.2. The molecule has 192 valence electrons. The van der Waals surface area contributed by atoms with Crippen LogP contribution in [0.4, 0.5) is 9.18 Å². The van der Waals surface area contributed by atoms with Crippen molar-refractivity contribution >= 4 is 17.9 Å². The van der Waals surface area contributed by atoms with Crippen LogP contribution in [0.15, 0.2) is 36.4 Å². The van der Waals surface area contributed by atoms with E-state index in [1.54, 1.807) is 20.8 Å². The van der Waals surface area contributed by atoms with Gasteiger partial charge in [0.2, 0.25) is 5.91 Å². The summed E-state index contributed by atoms with van der Waals surface area (Å²) in [6, 6.07) is 9.38. The van der Waals surface area contributed by atoms with Gasteiger partial charge in [-0.2, -0.15) is 0 Å². The predicted octanol–water partition coefficient (Wildman–Crippen LogP) is 4.05. The molecule has 1 saturated heterocycles. The minimum absolute atomic E-state index is 0.169. The number of hydrogen-bond acceptors (Lipinski definition) is 5. The Bertz CT molecular complexity index is 1140. The summed E-state index contributed by atoms with van der Waals surface area (Å²) in [5.74, 6) is -0.783. The van der Waals surface area contributed by atoms with Gasteiger partial charge in [-0.1, -0.05) is 24.3 Å². The van der Waals surface area contributed by atoms with Gasteiger partial charge in [0.25, 0.3) is 5.91 Å². The van der Waals surface area contributed by atoms with Gasteiger partial charge < -0.3 is 25.0 Å². The average Bonchev–Trinajstić information content (AvgIpc) is 2.98. The van der Waals surface area contributed by atoms with Crippen LogP contribution in [0.3, 0.4) is 0 Å². The molecule has 2 aromatic carbocycles. The van der Waals surface area contributed by atoms with Crippen molar-refractivity contribution in [1.82, 2.24) is 15.5 Å². The van der Waals surface area contributed by atoms with E-state index >= 15 is 0 Å². The summed E-state index contributed by atoms with van der Waals surface area (Å²) in [4.78, 5) is 38.9. The topological polar surface area (TPSA) is 97.0 Å². The summed E-state index contributed by atoms with van der Waals surface area (Å²) in [5.41, 5.74) is 2.01. The van der Waals surface area contributed by atoms with E-state index in [4.69, 9.17) is 9.47 Å². The summed E-state index contributed by atoms with van der Waals surface area (Å²) in [7, 11) is 0. The number of fused-ring (bicyclic) bond motifs is 1. The van der Waals surface area contributed by atoms with Gasteiger partial charge in [0, 0.05) is 24.7 Å². The van der Waals surface area contributed by atoms with Crippen LogP contribution in [-0.4, -0.2) is 41.0 Å². The minimum Gasteiger partial charge on any atom is -0.488 e. The van der Waals surface area contributed by atoms with Gasteiger partial charge in [-0.25, -0.2) is 9.18 Å². The van der Waals surface area contributed by atoms with Crippen molar-refractivity contribution in [2.45, 2.75) is 71.4 Å². The zero-order valence-corrected chi connectivity index (χ0v) is 20.9. The Morgan fingerprint density at radius 2 is 1.86 bits per heavy atom. The molecule has 2 heterocycles. The van der Waals surface area contributed by atoms with Crippen LogP contribution in [-0.2, 0) is 29.2 Å². The van der Waals surface area contributed by atoms with Crippen LogP contribution in [0.1, 0.15) is 67.1 Å². The SMILES string of the molecule is CC(C)(C)OC(=O)NCc1ccc(COc2cc(F)cc3c2CN(C2CCCCNC2=O)C3=O)cc1. The molecule has 2 N–H and O–H groups in total. The quantitative estimate of drug-likeness (QED) is 0.628. The fourth-order valence-corrected chi connectivity index (χ4v) is 4.37. The number of ether oxygens (including phenoxy) is 2. The number of nitrogens with zero attached hydrogens (tertiary/aromatic N) is 1. The Hall–Kier alpha value is -3.62. The lowest BCUT2D eigenvalue weighted by molar-refractivity contribution is -0.125. The molecule has 0 spiro atoms. The lowest BCUT2D eigenvalue weighted by Gasteiger charge is -2.25. The Morgan fingerprint density at radius 1 is 1.14 bits per heavy atom. The van der Waals surface area contributed by atoms with Gasteiger partial charge >= 0.3 is 6.09 Å². The number of amides is 3. The van der Waals surface area contributed by atoms with Crippen LogP contribution in [0.2, 0.25) is 0 Å². The number of nitrogens with one attached hydrogen (secondary N) is 2. The van der Waals surface area contributed by atoms with Gasteiger partial charge in [0.05, 0.1) is 12.1 Å². The van der Waals surface area contributed by atoms with Crippen molar-refractivity contribution in [3.05, 3.63) is 64.5 Å². The highest BCUT2D eigenvalue weighted by molar-refractivity contribution is 6.01. The lowest BCUT2D eigenvalue weighted by Crippen LogP contribution is -2.45. The Morgan fingerprint density at radius 3 is 2.58 bits per heavy atom. The third-order valence-electron chi connectivity index (χ3n) is 6.13. The van der Waals surface area contributed by atoms with Gasteiger partial charge in [0.15, 0.2) is 0 Å². The van der Waals surface area contributed by atoms with Gasteiger partial charge in [-0.05, 0) is 57.2 Å². The summed E-state index contributed by atoms with van der Waals surface area (Å²) in [6.07, 6.45) is 1.81. The standard InChI is InChI=1S/C27H32FN3O5/c1-27(2,3)36-26(34)30-14-17-7-9-18(10-8-17)16-35-23-13-19(28)12-20-21(23)15-31(25(20)33)22-6-4-5-11-29-24(22)32/h7-10,12-13,22H,4-6,11,14-16H2,1-3H3,(H,29,32)(H,30,34). The molecule has 3 amide bonds. The average molecular weight is 498 g/mol. The summed E-state index contributed by atoms with van der Waals surface area (Å²) >= 11 is 0. The molecule has 1 unspecified atom stereocenters. The number of halogens is 1. The highest BCUT2D eigenvalue weighted by Gasteiger charge is 2.38. The van der Waals surface area contributed by atoms with E-state index in [0.717, 1.165) is 24.0 Å². The van der Waals surface area contributed by atoms with Crippen LogP contribution in [0, 0.1) is 5.82 Å². The Labute approximate surface area is 210 Å². The molecule has 0 bridgehead atoms. The third kappa shape index (κ3) is 6.13. The normalized spacial score (nSPS) is 17.8. The summed E-state index contributed by atoms with van der Waals surface area (Å²) in [5, 5.41) is 5.56. The van der Waals surface area contributed by atoms with E-state index in [1.807, 2.05) is 24.3 Å². The molecule has 1 fully saturated rings. The summed E-state index contributed by atoms with van der Waals surface area (Å²) in [6.45, 7) is 6.71. The van der Waals surface area contributed by atoms with E-state index in [-0.39, 0.29) is 30.5 Å². The molecule has 2 aliphatic rings. The Kier molecular flexibility index (Phi) is 7.47. The Balaban J connectivity index is 1.40. The van der Waals surface area contributed by atoms with Crippen LogP contribution >= 0.6 is 0 Å². The number of rotatable bonds is 6. The molecular weight excluding hydrogens is 465 g/mol.